The summed E-state index contributed by atoms with van der Waals surface area (Å²) < 4.78 is 75.4. The molecule has 0 aliphatic carbocycles. The van der Waals surface area contributed by atoms with Gasteiger partial charge in [-0.25, -0.2) is 9.59 Å². The average molecular weight is 476 g/mol. The van der Waals surface area contributed by atoms with Crippen LogP contribution in [0.5, 0.6) is 0 Å². The van der Waals surface area contributed by atoms with E-state index in [2.05, 4.69) is 10.3 Å². The third-order valence-corrected chi connectivity index (χ3v) is 4.37. The molecule has 2 aliphatic rings. The van der Waals surface area contributed by atoms with Crippen LogP contribution in [0, 0.1) is 0 Å². The van der Waals surface area contributed by atoms with E-state index >= 15 is 0 Å². The summed E-state index contributed by atoms with van der Waals surface area (Å²) in [6.45, 7) is 3.44. The second-order valence-corrected chi connectivity index (χ2v) is 6.81. The van der Waals surface area contributed by atoms with Crippen molar-refractivity contribution in [3.8, 4) is 0 Å². The predicted molar refractivity (Wildman–Crippen MR) is 95.6 cm³/mol. The van der Waals surface area contributed by atoms with Gasteiger partial charge in [-0.3, -0.25) is 4.98 Å². The molecule has 0 radical (unpaired) electrons. The van der Waals surface area contributed by atoms with E-state index in [0.717, 1.165) is 44.7 Å². The van der Waals surface area contributed by atoms with Crippen molar-refractivity contribution in [2.75, 3.05) is 19.7 Å². The van der Waals surface area contributed by atoms with Crippen molar-refractivity contribution in [1.29, 1.82) is 0 Å². The molecular formula is C18H22F6N2O6. The lowest BCUT2D eigenvalue weighted by Gasteiger charge is -2.32. The summed E-state index contributed by atoms with van der Waals surface area (Å²) in [4.78, 5) is 22.1. The Morgan fingerprint density at radius 2 is 1.62 bits per heavy atom. The molecule has 0 saturated carbocycles. The molecule has 3 N–H and O–H groups in total. The van der Waals surface area contributed by atoms with E-state index in [9.17, 15) is 26.3 Å². The van der Waals surface area contributed by atoms with Gasteiger partial charge in [-0.05, 0) is 38.1 Å². The van der Waals surface area contributed by atoms with Crippen molar-refractivity contribution in [3.05, 3.63) is 30.1 Å². The number of carboxylic acid groups (broad SMARTS) is 2. The first-order valence-corrected chi connectivity index (χ1v) is 9.21. The zero-order valence-electron chi connectivity index (χ0n) is 16.6. The van der Waals surface area contributed by atoms with E-state index in [1.54, 1.807) is 6.20 Å². The Balaban J connectivity index is 0.000000305. The Hall–Kier alpha value is -2.45. The van der Waals surface area contributed by atoms with Gasteiger partial charge in [0.25, 0.3) is 0 Å². The van der Waals surface area contributed by atoms with Gasteiger partial charge in [0.15, 0.2) is 0 Å². The number of piperidine rings is 1. The highest BCUT2D eigenvalue weighted by Crippen LogP contribution is 2.35. The molecule has 32 heavy (non-hydrogen) atoms. The summed E-state index contributed by atoms with van der Waals surface area (Å²) in [6, 6.07) is 5.91. The second-order valence-electron chi connectivity index (χ2n) is 6.81. The van der Waals surface area contributed by atoms with Gasteiger partial charge in [0.1, 0.15) is 0 Å². The highest BCUT2D eigenvalue weighted by Gasteiger charge is 2.41. The first-order valence-electron chi connectivity index (χ1n) is 9.21. The summed E-state index contributed by atoms with van der Waals surface area (Å²) in [6.07, 6.45) is -4.89. The smallest absolute Gasteiger partial charge is 0.475 e. The van der Waals surface area contributed by atoms with E-state index in [1.165, 1.54) is 0 Å². The van der Waals surface area contributed by atoms with Gasteiger partial charge in [0.2, 0.25) is 0 Å². The number of halogens is 6. The molecule has 1 unspecified atom stereocenters. The van der Waals surface area contributed by atoms with E-state index < -0.39 is 24.3 Å². The minimum absolute atomic E-state index is 0.0834. The van der Waals surface area contributed by atoms with Crippen LogP contribution in [0.4, 0.5) is 26.3 Å². The Bertz CT molecular complexity index is 699. The van der Waals surface area contributed by atoms with Crippen LogP contribution in [0.2, 0.25) is 0 Å². The molecular weight excluding hydrogens is 454 g/mol. The fourth-order valence-electron chi connectivity index (χ4n) is 2.83. The van der Waals surface area contributed by atoms with E-state index in [0.29, 0.717) is 6.61 Å². The second kappa shape index (κ2) is 12.0. The molecule has 14 heteroatoms. The highest BCUT2D eigenvalue weighted by molar-refractivity contribution is 5.73. The first kappa shape index (κ1) is 27.6. The number of pyridine rings is 1. The predicted octanol–water partition coefficient (Wildman–Crippen LogP) is 2.78. The molecule has 0 bridgehead atoms. The molecule has 0 amide bonds. The molecule has 1 spiro atoms. The van der Waals surface area contributed by atoms with Crippen LogP contribution in [0.3, 0.4) is 0 Å². The van der Waals surface area contributed by atoms with Crippen molar-refractivity contribution in [1.82, 2.24) is 10.3 Å². The normalized spacial score (nSPS) is 19.9. The number of aromatic nitrogens is 1. The number of carbonyl (C=O) groups is 2. The monoisotopic (exact) mass is 476 g/mol. The quantitative estimate of drug-likeness (QED) is 0.571. The Kier molecular flexibility index (Phi) is 10.3. The van der Waals surface area contributed by atoms with Crippen LogP contribution in [-0.2, 0) is 25.7 Å². The third-order valence-electron chi connectivity index (χ3n) is 4.37. The number of nitrogens with zero attached hydrogens (tertiary/aromatic N) is 1. The van der Waals surface area contributed by atoms with Crippen LogP contribution < -0.4 is 5.32 Å². The van der Waals surface area contributed by atoms with Crippen LogP contribution >= 0.6 is 0 Å². The molecule has 1 aromatic rings. The molecule has 1 atom stereocenters. The summed E-state index contributed by atoms with van der Waals surface area (Å²) in [5.74, 6) is -5.51. The van der Waals surface area contributed by atoms with Crippen molar-refractivity contribution in [2.45, 2.75) is 49.9 Å². The zero-order chi connectivity index (χ0) is 24.4. The van der Waals surface area contributed by atoms with Gasteiger partial charge < -0.3 is 25.0 Å². The van der Waals surface area contributed by atoms with Crippen LogP contribution in [0.25, 0.3) is 0 Å². The minimum Gasteiger partial charge on any atom is -0.475 e. The van der Waals surface area contributed by atoms with Crippen molar-refractivity contribution < 1.29 is 55.6 Å². The number of alkyl halides is 6. The number of hydrogen-bond donors (Lipinski definition) is 3. The lowest BCUT2D eigenvalue weighted by molar-refractivity contribution is -0.193. The van der Waals surface area contributed by atoms with Gasteiger partial charge in [-0.1, -0.05) is 6.07 Å². The zero-order valence-corrected chi connectivity index (χ0v) is 16.6. The lowest BCUT2D eigenvalue weighted by Crippen LogP contribution is -2.41. The fraction of sp³-hybridized carbons (Fsp3) is 0.611. The SMILES string of the molecule is O=C(O)C(F)(F)F.O=C(O)C(F)(F)F.c1ccc(COC2COC3(CCNCC3)C2)nc1. The van der Waals surface area contributed by atoms with Crippen molar-refractivity contribution in [2.24, 2.45) is 0 Å². The van der Waals surface area contributed by atoms with Crippen molar-refractivity contribution >= 4 is 11.9 Å². The van der Waals surface area contributed by atoms with Crippen LogP contribution in [-0.4, -0.2) is 70.9 Å². The van der Waals surface area contributed by atoms with E-state index in [-0.39, 0.29) is 11.7 Å². The number of hydrogen-bond acceptors (Lipinski definition) is 6. The molecule has 3 heterocycles. The molecule has 2 saturated heterocycles. The third kappa shape index (κ3) is 10.2. The Labute approximate surface area is 178 Å². The average Bonchev–Trinajstić information content (AvgIpc) is 3.09. The van der Waals surface area contributed by atoms with Gasteiger partial charge in [-0.2, -0.15) is 26.3 Å². The fourth-order valence-corrected chi connectivity index (χ4v) is 2.83. The molecule has 0 aromatic carbocycles. The number of rotatable bonds is 3. The number of nitrogens with one attached hydrogen (secondary N) is 1. The van der Waals surface area contributed by atoms with Gasteiger partial charge >= 0.3 is 24.3 Å². The lowest BCUT2D eigenvalue weighted by atomic mass is 9.89. The molecule has 8 nitrogen and oxygen atoms in total. The van der Waals surface area contributed by atoms with Gasteiger partial charge in [0.05, 0.1) is 30.6 Å². The molecule has 1 aromatic heterocycles. The van der Waals surface area contributed by atoms with Crippen LogP contribution in [0.1, 0.15) is 25.0 Å². The number of carboxylic acids is 2. The molecule has 2 aliphatic heterocycles. The molecule has 3 rings (SSSR count). The summed E-state index contributed by atoms with van der Waals surface area (Å²) in [7, 11) is 0. The van der Waals surface area contributed by atoms with Gasteiger partial charge in [0, 0.05) is 12.6 Å². The van der Waals surface area contributed by atoms with E-state index in [4.69, 9.17) is 29.3 Å². The van der Waals surface area contributed by atoms with Gasteiger partial charge in [-0.15, -0.1) is 0 Å². The minimum atomic E-state index is -5.08. The van der Waals surface area contributed by atoms with E-state index in [1.807, 2.05) is 18.2 Å². The first-order chi connectivity index (χ1) is 14.8. The van der Waals surface area contributed by atoms with Crippen LogP contribution in [0.15, 0.2) is 24.4 Å². The number of ether oxygens (including phenoxy) is 2. The largest absolute Gasteiger partial charge is 0.490 e. The highest BCUT2D eigenvalue weighted by atomic mass is 19.4. The van der Waals surface area contributed by atoms with Crippen molar-refractivity contribution in [3.63, 3.8) is 0 Å². The maximum absolute atomic E-state index is 10.6. The maximum atomic E-state index is 10.6. The standard InChI is InChI=1S/C14H20N2O2.2C2HF3O2/c1-2-6-16-12(3-1)10-17-13-9-14(18-11-13)4-7-15-8-5-14;2*3-2(4,5)1(6)7/h1-3,6,13,15H,4-5,7-11H2;2*(H,6,7). The molecule has 2 fully saturated rings. The summed E-state index contributed by atoms with van der Waals surface area (Å²) >= 11 is 0. The Morgan fingerprint density at radius 3 is 2.06 bits per heavy atom. The summed E-state index contributed by atoms with van der Waals surface area (Å²) in [5.41, 5.74) is 1.07. The topological polar surface area (TPSA) is 118 Å². The molecule has 182 valence electrons. The Morgan fingerprint density at radius 1 is 1.09 bits per heavy atom. The number of aliphatic carboxylic acids is 2. The summed E-state index contributed by atoms with van der Waals surface area (Å²) in [5, 5.41) is 17.6. The maximum Gasteiger partial charge on any atom is 0.490 e.